The van der Waals surface area contributed by atoms with Gasteiger partial charge in [-0.15, -0.1) is 10.2 Å². The number of methoxy groups -OCH3 is 1. The van der Waals surface area contributed by atoms with Crippen molar-refractivity contribution < 1.29 is 18.7 Å². The Balaban J connectivity index is 1.52. The van der Waals surface area contributed by atoms with Crippen molar-refractivity contribution in [1.29, 1.82) is 0 Å². The lowest BCUT2D eigenvalue weighted by Gasteiger charge is -2.04. The summed E-state index contributed by atoms with van der Waals surface area (Å²) in [4.78, 5) is 24.0. The fourth-order valence-electron chi connectivity index (χ4n) is 2.07. The lowest BCUT2D eigenvalue weighted by atomic mass is 10.2. The van der Waals surface area contributed by atoms with Crippen LogP contribution in [0.15, 0.2) is 64.2 Å². The molecule has 0 aliphatic rings. The fraction of sp³-hybridized carbons (Fsp3) is 0.111. The molecule has 1 N–H and O–H groups in total. The first kappa shape index (κ1) is 17.7. The molecule has 0 aliphatic carbocycles. The minimum Gasteiger partial charge on any atom is -0.497 e. The molecule has 0 aliphatic heterocycles. The maximum absolute atomic E-state index is 12.0. The van der Waals surface area contributed by atoms with Crippen LogP contribution in [0.2, 0.25) is 0 Å². The van der Waals surface area contributed by atoms with Crippen molar-refractivity contribution in [2.24, 2.45) is 0 Å². The van der Waals surface area contributed by atoms with Gasteiger partial charge in [0.05, 0.1) is 12.9 Å². The van der Waals surface area contributed by atoms with Crippen molar-refractivity contribution >= 4 is 23.6 Å². The first-order chi connectivity index (χ1) is 12.7. The molecule has 132 valence electrons. The molecule has 3 rings (SSSR count). The zero-order chi connectivity index (χ0) is 18.4. The number of carbonyl (C=O) groups excluding carboxylic acids is 2. The molecule has 1 heterocycles. The third-order valence-corrected chi connectivity index (χ3v) is 4.18. The molecule has 0 radical (unpaired) electrons. The number of rotatable bonds is 6. The first-order valence-electron chi connectivity index (χ1n) is 7.65. The van der Waals surface area contributed by atoms with Crippen LogP contribution in [0.5, 0.6) is 5.75 Å². The topological polar surface area (TPSA) is 94.3 Å². The summed E-state index contributed by atoms with van der Waals surface area (Å²) in [5.74, 6) is 0.0686. The molecule has 0 saturated heterocycles. The van der Waals surface area contributed by atoms with Gasteiger partial charge >= 0.3 is 0 Å². The van der Waals surface area contributed by atoms with Gasteiger partial charge in [-0.05, 0) is 36.4 Å². The van der Waals surface area contributed by atoms with Crippen LogP contribution in [0.4, 0.5) is 0 Å². The van der Waals surface area contributed by atoms with E-state index in [2.05, 4.69) is 15.5 Å². The van der Waals surface area contributed by atoms with Crippen LogP contribution in [0, 0.1) is 0 Å². The number of aromatic nitrogens is 2. The van der Waals surface area contributed by atoms with Crippen LogP contribution in [0.3, 0.4) is 0 Å². The summed E-state index contributed by atoms with van der Waals surface area (Å²) in [7, 11) is 1.54. The molecule has 2 amide bonds. The van der Waals surface area contributed by atoms with Gasteiger partial charge in [-0.1, -0.05) is 30.0 Å². The number of carbonyl (C=O) groups is 2. The van der Waals surface area contributed by atoms with Crippen LogP contribution in [-0.4, -0.2) is 34.9 Å². The Labute approximate surface area is 153 Å². The monoisotopic (exact) mass is 369 g/mol. The highest BCUT2D eigenvalue weighted by molar-refractivity contribution is 7.99. The van der Waals surface area contributed by atoms with Crippen molar-refractivity contribution in [3.05, 3.63) is 60.2 Å². The Morgan fingerprint density at radius 1 is 1.08 bits per heavy atom. The van der Waals surface area contributed by atoms with E-state index in [9.17, 15) is 9.59 Å². The molecule has 1 aromatic heterocycles. The van der Waals surface area contributed by atoms with Crippen LogP contribution >= 0.6 is 11.8 Å². The van der Waals surface area contributed by atoms with E-state index in [1.54, 1.807) is 24.3 Å². The molecule has 0 bridgehead atoms. The molecule has 2 aromatic carbocycles. The van der Waals surface area contributed by atoms with Gasteiger partial charge in [0.25, 0.3) is 11.1 Å². The molecule has 0 unspecified atom stereocenters. The van der Waals surface area contributed by atoms with E-state index in [0.717, 1.165) is 17.3 Å². The van der Waals surface area contributed by atoms with Gasteiger partial charge in [-0.25, -0.2) is 0 Å². The number of imide groups is 1. The zero-order valence-corrected chi connectivity index (χ0v) is 14.7. The Morgan fingerprint density at radius 3 is 2.50 bits per heavy atom. The molecular formula is C18H15N3O4S. The van der Waals surface area contributed by atoms with E-state index in [0.29, 0.717) is 17.2 Å². The molecular weight excluding hydrogens is 354 g/mol. The fourth-order valence-corrected chi connectivity index (χ4v) is 2.63. The van der Waals surface area contributed by atoms with Crippen molar-refractivity contribution in [3.8, 4) is 17.2 Å². The molecule has 0 spiro atoms. The Hall–Kier alpha value is -3.13. The van der Waals surface area contributed by atoms with Crippen LogP contribution in [0.25, 0.3) is 11.5 Å². The number of benzene rings is 2. The first-order valence-corrected chi connectivity index (χ1v) is 8.64. The highest BCUT2D eigenvalue weighted by Gasteiger charge is 2.14. The van der Waals surface area contributed by atoms with Gasteiger partial charge in [0.15, 0.2) is 0 Å². The number of hydrogen-bond acceptors (Lipinski definition) is 7. The highest BCUT2D eigenvalue weighted by Crippen LogP contribution is 2.22. The number of nitrogens with one attached hydrogen (secondary N) is 1. The largest absolute Gasteiger partial charge is 0.497 e. The predicted octanol–water partition coefficient (Wildman–Crippen LogP) is 2.79. The normalized spacial score (nSPS) is 10.3. The number of amides is 2. The lowest BCUT2D eigenvalue weighted by molar-refractivity contribution is -0.117. The predicted molar refractivity (Wildman–Crippen MR) is 95.9 cm³/mol. The minimum atomic E-state index is -0.478. The standard InChI is InChI=1S/C18H15N3O4S/c1-24-14-9-7-12(8-10-14)16(23)19-15(22)11-26-18-21-20-17(25-18)13-5-3-2-4-6-13/h2-10H,11H2,1H3,(H,19,22,23). The average Bonchev–Trinajstić information content (AvgIpc) is 3.16. The van der Waals surface area contributed by atoms with Gasteiger partial charge in [0.1, 0.15) is 5.75 Å². The smallest absolute Gasteiger partial charge is 0.277 e. The molecule has 0 atom stereocenters. The second-order valence-electron chi connectivity index (χ2n) is 5.13. The second-order valence-corrected chi connectivity index (χ2v) is 6.06. The third-order valence-electron chi connectivity index (χ3n) is 3.36. The van der Waals surface area contributed by atoms with Crippen molar-refractivity contribution in [1.82, 2.24) is 15.5 Å². The summed E-state index contributed by atoms with van der Waals surface area (Å²) in [6.45, 7) is 0. The molecule has 0 saturated carbocycles. The average molecular weight is 369 g/mol. The molecule has 8 heteroatoms. The SMILES string of the molecule is COc1ccc(C(=O)NC(=O)CSc2nnc(-c3ccccc3)o2)cc1. The maximum Gasteiger partial charge on any atom is 0.277 e. The Morgan fingerprint density at radius 2 is 1.81 bits per heavy atom. The number of nitrogens with zero attached hydrogens (tertiary/aromatic N) is 2. The van der Waals surface area contributed by atoms with Gasteiger partial charge in [-0.2, -0.15) is 0 Å². The molecule has 26 heavy (non-hydrogen) atoms. The van der Waals surface area contributed by atoms with Gasteiger partial charge in [0.2, 0.25) is 11.8 Å². The molecule has 3 aromatic rings. The summed E-state index contributed by atoms with van der Waals surface area (Å²) >= 11 is 1.06. The van der Waals surface area contributed by atoms with Crippen LogP contribution < -0.4 is 10.1 Å². The van der Waals surface area contributed by atoms with E-state index in [4.69, 9.17) is 9.15 Å². The number of thioether (sulfide) groups is 1. The zero-order valence-electron chi connectivity index (χ0n) is 13.8. The lowest BCUT2D eigenvalue weighted by Crippen LogP contribution is -2.31. The molecule has 0 fully saturated rings. The summed E-state index contributed by atoms with van der Waals surface area (Å²) in [5, 5.41) is 10.4. The van der Waals surface area contributed by atoms with E-state index >= 15 is 0 Å². The third kappa shape index (κ3) is 4.48. The van der Waals surface area contributed by atoms with Crippen molar-refractivity contribution in [3.63, 3.8) is 0 Å². The van der Waals surface area contributed by atoms with E-state index in [1.165, 1.54) is 7.11 Å². The minimum absolute atomic E-state index is 0.0156. The van der Waals surface area contributed by atoms with Crippen molar-refractivity contribution in [2.45, 2.75) is 5.22 Å². The van der Waals surface area contributed by atoms with E-state index < -0.39 is 11.8 Å². The highest BCUT2D eigenvalue weighted by atomic mass is 32.2. The van der Waals surface area contributed by atoms with Crippen molar-refractivity contribution in [2.75, 3.05) is 12.9 Å². The number of ether oxygens (including phenoxy) is 1. The van der Waals surface area contributed by atoms with E-state index in [1.807, 2.05) is 30.3 Å². The van der Waals surface area contributed by atoms with E-state index in [-0.39, 0.29) is 11.0 Å². The summed E-state index contributed by atoms with van der Waals surface area (Å²) in [6, 6.07) is 15.8. The maximum atomic E-state index is 12.0. The van der Waals surface area contributed by atoms with Gasteiger partial charge in [-0.3, -0.25) is 14.9 Å². The molecule has 7 nitrogen and oxygen atoms in total. The van der Waals surface area contributed by atoms with Gasteiger partial charge < -0.3 is 9.15 Å². The Bertz CT molecular complexity index is 894. The van der Waals surface area contributed by atoms with Crippen LogP contribution in [0.1, 0.15) is 10.4 Å². The summed E-state index contributed by atoms with van der Waals surface area (Å²) < 4.78 is 10.5. The quantitative estimate of drug-likeness (QED) is 0.668. The Kier molecular flexibility index (Phi) is 5.65. The second kappa shape index (κ2) is 8.30. The number of hydrogen-bond donors (Lipinski definition) is 1. The summed E-state index contributed by atoms with van der Waals surface area (Å²) in [5.41, 5.74) is 1.17. The summed E-state index contributed by atoms with van der Waals surface area (Å²) in [6.07, 6.45) is 0. The van der Waals surface area contributed by atoms with Crippen LogP contribution in [-0.2, 0) is 4.79 Å². The van der Waals surface area contributed by atoms with Gasteiger partial charge in [0, 0.05) is 11.1 Å².